The SMILES string of the molecule is O=S(=O)([O-])C(O)Cc1ccccc1.[Na+]. The first-order valence-corrected chi connectivity index (χ1v) is 5.14. The Balaban J connectivity index is 0.00000169. The molecule has 0 saturated heterocycles. The van der Waals surface area contributed by atoms with Gasteiger partial charge in [0.2, 0.25) is 0 Å². The van der Waals surface area contributed by atoms with Gasteiger partial charge >= 0.3 is 29.6 Å². The normalized spacial score (nSPS) is 13.0. The Bertz CT molecular complexity index is 362. The van der Waals surface area contributed by atoms with Crippen LogP contribution in [0.15, 0.2) is 30.3 Å². The van der Waals surface area contributed by atoms with Gasteiger partial charge in [0.1, 0.15) is 15.6 Å². The fourth-order valence-corrected chi connectivity index (χ4v) is 1.31. The van der Waals surface area contributed by atoms with Gasteiger partial charge in [-0.25, -0.2) is 8.42 Å². The van der Waals surface area contributed by atoms with Crippen molar-refractivity contribution in [2.24, 2.45) is 0 Å². The van der Waals surface area contributed by atoms with Crippen molar-refractivity contribution >= 4 is 10.1 Å². The molecule has 0 spiro atoms. The van der Waals surface area contributed by atoms with Gasteiger partial charge in [-0.15, -0.1) is 0 Å². The van der Waals surface area contributed by atoms with E-state index in [-0.39, 0.29) is 36.0 Å². The maximum Gasteiger partial charge on any atom is 1.00 e. The number of hydrogen-bond acceptors (Lipinski definition) is 4. The monoisotopic (exact) mass is 224 g/mol. The molecule has 0 aliphatic carbocycles. The second kappa shape index (κ2) is 5.85. The number of aliphatic hydroxyl groups is 1. The summed E-state index contributed by atoms with van der Waals surface area (Å²) in [4.78, 5) is 0. The van der Waals surface area contributed by atoms with E-state index in [2.05, 4.69) is 0 Å². The molecule has 0 amide bonds. The van der Waals surface area contributed by atoms with Gasteiger partial charge in [0.15, 0.2) is 0 Å². The summed E-state index contributed by atoms with van der Waals surface area (Å²) in [5, 5.41) is 8.94. The Labute approximate surface area is 105 Å². The van der Waals surface area contributed by atoms with Crippen LogP contribution < -0.4 is 29.6 Å². The Kier molecular flexibility index (Phi) is 5.88. The second-order valence-corrected chi connectivity index (χ2v) is 4.17. The molecular formula is C8H9NaO4S. The first-order valence-electron chi connectivity index (χ1n) is 3.67. The van der Waals surface area contributed by atoms with Crippen LogP contribution in [0.25, 0.3) is 0 Å². The van der Waals surface area contributed by atoms with Crippen molar-refractivity contribution in [3.8, 4) is 0 Å². The summed E-state index contributed by atoms with van der Waals surface area (Å²) in [6, 6.07) is 8.48. The third kappa shape index (κ3) is 4.54. The van der Waals surface area contributed by atoms with Crippen molar-refractivity contribution in [2.75, 3.05) is 0 Å². The van der Waals surface area contributed by atoms with E-state index in [0.29, 0.717) is 5.56 Å². The zero-order valence-electron chi connectivity index (χ0n) is 7.75. The molecule has 0 radical (unpaired) electrons. The molecule has 1 rings (SSSR count). The summed E-state index contributed by atoms with van der Waals surface area (Å²) in [6.45, 7) is 0. The van der Waals surface area contributed by atoms with Gasteiger partial charge in [-0.05, 0) is 5.56 Å². The quantitative estimate of drug-likeness (QED) is 0.441. The minimum atomic E-state index is -4.60. The third-order valence-corrected chi connectivity index (χ3v) is 2.42. The van der Waals surface area contributed by atoms with Crippen LogP contribution >= 0.6 is 0 Å². The molecule has 6 heteroatoms. The van der Waals surface area contributed by atoms with Gasteiger partial charge in [0, 0.05) is 6.42 Å². The molecule has 0 aliphatic heterocycles. The van der Waals surface area contributed by atoms with Crippen LogP contribution in [0.3, 0.4) is 0 Å². The van der Waals surface area contributed by atoms with Crippen LogP contribution in [0.5, 0.6) is 0 Å². The summed E-state index contributed by atoms with van der Waals surface area (Å²) in [5.41, 5.74) is -1.23. The maximum atomic E-state index is 10.3. The molecule has 1 atom stereocenters. The molecular weight excluding hydrogens is 215 g/mol. The minimum absolute atomic E-state index is 0. The molecule has 0 aromatic heterocycles. The molecule has 72 valence electrons. The average molecular weight is 224 g/mol. The van der Waals surface area contributed by atoms with E-state index in [0.717, 1.165) is 0 Å². The molecule has 1 aromatic carbocycles. The van der Waals surface area contributed by atoms with Crippen molar-refractivity contribution in [1.82, 2.24) is 0 Å². The van der Waals surface area contributed by atoms with Crippen LogP contribution in [0, 0.1) is 0 Å². The van der Waals surface area contributed by atoms with E-state index in [1.807, 2.05) is 0 Å². The van der Waals surface area contributed by atoms with Gasteiger partial charge in [-0.3, -0.25) is 0 Å². The van der Waals surface area contributed by atoms with Crippen LogP contribution in [0.4, 0.5) is 0 Å². The second-order valence-electron chi connectivity index (χ2n) is 2.64. The topological polar surface area (TPSA) is 77.4 Å². The number of rotatable bonds is 3. The maximum absolute atomic E-state index is 10.3. The van der Waals surface area contributed by atoms with Gasteiger partial charge in [-0.2, -0.15) is 0 Å². The van der Waals surface area contributed by atoms with Crippen LogP contribution in [0.1, 0.15) is 5.56 Å². The van der Waals surface area contributed by atoms with E-state index in [1.165, 1.54) is 0 Å². The van der Waals surface area contributed by atoms with Crippen molar-refractivity contribution in [1.29, 1.82) is 0 Å². The van der Waals surface area contributed by atoms with Gasteiger partial charge in [0.25, 0.3) is 0 Å². The van der Waals surface area contributed by atoms with E-state index in [9.17, 15) is 13.0 Å². The minimum Gasteiger partial charge on any atom is -0.746 e. The third-order valence-electron chi connectivity index (χ3n) is 1.59. The Morgan fingerprint density at radius 3 is 2.21 bits per heavy atom. The first kappa shape index (κ1) is 14.1. The first-order chi connectivity index (χ1) is 6.00. The van der Waals surface area contributed by atoms with Crippen LogP contribution in [0.2, 0.25) is 0 Å². The number of aliphatic hydroxyl groups excluding tert-OH is 1. The standard InChI is InChI=1S/C8H10O4S.Na/c9-8(13(10,11)12)6-7-4-2-1-3-5-7;/h1-5,8-9H,6H2,(H,10,11,12);/q;+1/p-1. The summed E-state index contributed by atoms with van der Waals surface area (Å²) in [5.74, 6) is 0. The van der Waals surface area contributed by atoms with Gasteiger partial charge < -0.3 is 9.66 Å². The fourth-order valence-electron chi connectivity index (χ4n) is 0.918. The number of hydrogen-bond donors (Lipinski definition) is 1. The number of benzene rings is 1. The largest absolute Gasteiger partial charge is 1.00 e. The molecule has 1 unspecified atom stereocenters. The fraction of sp³-hybridized carbons (Fsp3) is 0.250. The van der Waals surface area contributed by atoms with Gasteiger partial charge in [-0.1, -0.05) is 30.3 Å². The molecule has 0 bridgehead atoms. The Morgan fingerprint density at radius 1 is 1.29 bits per heavy atom. The summed E-state index contributed by atoms with van der Waals surface area (Å²) in [7, 11) is -4.60. The average Bonchev–Trinajstić information content (AvgIpc) is 2.04. The zero-order valence-corrected chi connectivity index (χ0v) is 10.6. The smallest absolute Gasteiger partial charge is 0.746 e. The molecule has 1 N–H and O–H groups in total. The predicted octanol–water partition coefficient (Wildman–Crippen LogP) is -2.90. The summed E-state index contributed by atoms with van der Waals surface area (Å²) >= 11 is 0. The molecule has 14 heavy (non-hydrogen) atoms. The van der Waals surface area contributed by atoms with Gasteiger partial charge in [0.05, 0.1) is 0 Å². The molecule has 0 saturated carbocycles. The summed E-state index contributed by atoms with van der Waals surface area (Å²) in [6.07, 6.45) is -0.160. The van der Waals surface area contributed by atoms with Crippen molar-refractivity contribution in [3.05, 3.63) is 35.9 Å². The molecule has 0 aliphatic rings. The van der Waals surface area contributed by atoms with E-state index in [4.69, 9.17) is 5.11 Å². The van der Waals surface area contributed by atoms with Crippen LogP contribution in [-0.2, 0) is 16.5 Å². The summed E-state index contributed by atoms with van der Waals surface area (Å²) < 4.78 is 31.0. The van der Waals surface area contributed by atoms with Crippen molar-refractivity contribution < 1.29 is 47.6 Å². The van der Waals surface area contributed by atoms with E-state index in [1.54, 1.807) is 30.3 Å². The molecule has 0 heterocycles. The van der Waals surface area contributed by atoms with E-state index < -0.39 is 15.6 Å². The molecule has 4 nitrogen and oxygen atoms in total. The van der Waals surface area contributed by atoms with E-state index >= 15 is 0 Å². The van der Waals surface area contributed by atoms with Crippen molar-refractivity contribution in [3.63, 3.8) is 0 Å². The van der Waals surface area contributed by atoms with Crippen molar-refractivity contribution in [2.45, 2.75) is 11.9 Å². The molecule has 1 aromatic rings. The Hall–Kier alpha value is 0.0900. The van der Waals surface area contributed by atoms with Crippen LogP contribution in [-0.4, -0.2) is 23.5 Å². The zero-order chi connectivity index (χ0) is 9.90. The predicted molar refractivity (Wildman–Crippen MR) is 45.9 cm³/mol. The molecule has 0 fully saturated rings. The Morgan fingerprint density at radius 2 is 1.79 bits per heavy atom.